The maximum absolute atomic E-state index is 4.82. The molecule has 2 fully saturated rings. The lowest BCUT2D eigenvalue weighted by Gasteiger charge is -2.25. The van der Waals surface area contributed by atoms with Crippen molar-refractivity contribution in [3.63, 3.8) is 0 Å². The van der Waals surface area contributed by atoms with Crippen LogP contribution >= 0.6 is 0 Å². The highest BCUT2D eigenvalue weighted by Crippen LogP contribution is 2.26. The van der Waals surface area contributed by atoms with Crippen molar-refractivity contribution in [1.82, 2.24) is 25.1 Å². The number of aromatic nitrogens is 4. The molecular weight excluding hydrogens is 398 g/mol. The van der Waals surface area contributed by atoms with E-state index in [9.17, 15) is 0 Å². The second-order valence-electron chi connectivity index (χ2n) is 8.92. The first kappa shape index (κ1) is 20.9. The Balaban J connectivity index is 1.21. The molecule has 7 heteroatoms. The van der Waals surface area contributed by atoms with Gasteiger partial charge in [-0.3, -0.25) is 10.00 Å². The first-order valence-corrected chi connectivity index (χ1v) is 12.0. The summed E-state index contributed by atoms with van der Waals surface area (Å²) >= 11 is 0. The summed E-state index contributed by atoms with van der Waals surface area (Å²) in [7, 11) is 0. The summed E-state index contributed by atoms with van der Waals surface area (Å²) in [5, 5.41) is 11.0. The van der Waals surface area contributed by atoms with Gasteiger partial charge in [-0.05, 0) is 43.9 Å². The van der Waals surface area contributed by atoms with Crippen molar-refractivity contribution in [2.75, 3.05) is 36.4 Å². The summed E-state index contributed by atoms with van der Waals surface area (Å²) in [4.78, 5) is 14.3. The zero-order chi connectivity index (χ0) is 21.6. The second kappa shape index (κ2) is 10.1. The van der Waals surface area contributed by atoms with Crippen LogP contribution in [0.5, 0.6) is 0 Å². The summed E-state index contributed by atoms with van der Waals surface area (Å²) in [6.07, 6.45) is 11.4. The summed E-state index contributed by atoms with van der Waals surface area (Å²) < 4.78 is 0. The number of hydrogen-bond donors (Lipinski definition) is 2. The van der Waals surface area contributed by atoms with Crippen molar-refractivity contribution in [2.45, 2.75) is 51.1 Å². The largest absolute Gasteiger partial charge is 0.356 e. The summed E-state index contributed by atoms with van der Waals surface area (Å²) in [6.45, 7) is 5.08. The van der Waals surface area contributed by atoms with Gasteiger partial charge < -0.3 is 10.2 Å². The Morgan fingerprint density at radius 1 is 0.969 bits per heavy atom. The first-order chi connectivity index (χ1) is 15.9. The predicted molar refractivity (Wildman–Crippen MR) is 129 cm³/mol. The third-order valence-electron chi connectivity index (χ3n) is 6.72. The van der Waals surface area contributed by atoms with E-state index < -0.39 is 0 Å². The minimum Gasteiger partial charge on any atom is -0.356 e. The predicted octanol–water partition coefficient (Wildman–Crippen LogP) is 4.32. The lowest BCUT2D eigenvalue weighted by molar-refractivity contribution is 0.254. The molecule has 2 N–H and O–H groups in total. The first-order valence-electron chi connectivity index (χ1n) is 12.0. The fraction of sp³-hybridized carbons (Fsp3) is 0.480. The van der Waals surface area contributed by atoms with Crippen LogP contribution in [-0.2, 0) is 6.54 Å². The van der Waals surface area contributed by atoms with Gasteiger partial charge in [0.2, 0.25) is 5.95 Å². The van der Waals surface area contributed by atoms with Gasteiger partial charge in [-0.2, -0.15) is 10.1 Å². The van der Waals surface area contributed by atoms with E-state index in [0.717, 1.165) is 50.2 Å². The van der Waals surface area contributed by atoms with E-state index in [-0.39, 0.29) is 0 Å². The van der Waals surface area contributed by atoms with E-state index in [1.54, 1.807) is 0 Å². The maximum atomic E-state index is 4.82. The van der Waals surface area contributed by atoms with Gasteiger partial charge in [-0.1, -0.05) is 43.2 Å². The number of H-pyrrole nitrogens is 1. The Morgan fingerprint density at radius 2 is 1.81 bits per heavy atom. The van der Waals surface area contributed by atoms with Crippen LogP contribution in [0.25, 0.3) is 11.3 Å². The minimum absolute atomic E-state index is 0.471. The Labute approximate surface area is 190 Å². The van der Waals surface area contributed by atoms with Crippen molar-refractivity contribution in [3.05, 3.63) is 54.4 Å². The molecule has 2 aliphatic heterocycles. The monoisotopic (exact) mass is 431 g/mol. The van der Waals surface area contributed by atoms with Gasteiger partial charge in [0.1, 0.15) is 5.82 Å². The van der Waals surface area contributed by atoms with Gasteiger partial charge in [0.05, 0.1) is 11.9 Å². The molecule has 2 saturated heterocycles. The number of nitrogens with one attached hydrogen (secondary N) is 2. The fourth-order valence-electron chi connectivity index (χ4n) is 4.96. The maximum Gasteiger partial charge on any atom is 0.224 e. The van der Waals surface area contributed by atoms with E-state index in [1.807, 2.05) is 24.5 Å². The molecule has 3 aromatic rings. The third-order valence-corrected chi connectivity index (χ3v) is 6.72. The van der Waals surface area contributed by atoms with Gasteiger partial charge in [0.15, 0.2) is 0 Å². The highest BCUT2D eigenvalue weighted by molar-refractivity contribution is 5.62. The average molecular weight is 432 g/mol. The number of anilines is 2. The molecule has 168 valence electrons. The third kappa shape index (κ3) is 4.93. The fourth-order valence-corrected chi connectivity index (χ4v) is 4.96. The standard InChI is InChI=1S/C25H33N7/c1-2-7-15-31(14-6-1)23-12-13-26-25(29-23)27-18-22-11-8-16-32(22)19-21-17-28-30-24(21)20-9-4-3-5-10-20/h3-5,9-10,12-13,17,22H,1-2,6-8,11,14-16,18-19H2,(H,28,30)(H,26,27,29). The van der Waals surface area contributed by atoms with Crippen LogP contribution in [0.4, 0.5) is 11.8 Å². The van der Waals surface area contributed by atoms with E-state index in [4.69, 9.17) is 4.98 Å². The average Bonchev–Trinajstić information content (AvgIpc) is 3.40. The molecule has 0 bridgehead atoms. The summed E-state index contributed by atoms with van der Waals surface area (Å²) in [5.74, 6) is 1.80. The van der Waals surface area contributed by atoms with Crippen molar-refractivity contribution >= 4 is 11.8 Å². The molecule has 1 atom stereocenters. The Bertz CT molecular complexity index is 979. The number of aromatic amines is 1. The molecule has 0 amide bonds. The normalized spacial score (nSPS) is 19.8. The van der Waals surface area contributed by atoms with Crippen LogP contribution in [0, 0.1) is 0 Å². The SMILES string of the molecule is c1ccc(-c2[nH]ncc2CN2CCCC2CNc2nccc(N3CCCCCC3)n2)cc1. The van der Waals surface area contributed by atoms with Gasteiger partial charge in [0.25, 0.3) is 0 Å². The van der Waals surface area contributed by atoms with Crippen LogP contribution in [0.1, 0.15) is 44.1 Å². The van der Waals surface area contributed by atoms with E-state index in [2.05, 4.69) is 54.6 Å². The highest BCUT2D eigenvalue weighted by atomic mass is 15.2. The minimum atomic E-state index is 0.471. The second-order valence-corrected chi connectivity index (χ2v) is 8.92. The lowest BCUT2D eigenvalue weighted by atomic mass is 10.1. The van der Waals surface area contributed by atoms with Crippen LogP contribution in [0.3, 0.4) is 0 Å². The van der Waals surface area contributed by atoms with Crippen molar-refractivity contribution < 1.29 is 0 Å². The Kier molecular flexibility index (Phi) is 6.63. The topological polar surface area (TPSA) is 73.0 Å². The van der Waals surface area contributed by atoms with Gasteiger partial charge in [-0.15, -0.1) is 0 Å². The molecular formula is C25H33N7. The Hall–Kier alpha value is -2.93. The smallest absolute Gasteiger partial charge is 0.224 e. The number of hydrogen-bond acceptors (Lipinski definition) is 6. The molecule has 1 unspecified atom stereocenters. The lowest BCUT2D eigenvalue weighted by Crippen LogP contribution is -2.35. The van der Waals surface area contributed by atoms with Crippen LogP contribution in [-0.4, -0.2) is 57.3 Å². The van der Waals surface area contributed by atoms with E-state index >= 15 is 0 Å². The molecule has 2 aliphatic rings. The van der Waals surface area contributed by atoms with E-state index in [0.29, 0.717) is 6.04 Å². The van der Waals surface area contributed by atoms with E-state index in [1.165, 1.54) is 49.7 Å². The number of benzene rings is 1. The Morgan fingerprint density at radius 3 is 2.66 bits per heavy atom. The molecule has 2 aromatic heterocycles. The van der Waals surface area contributed by atoms with Crippen LogP contribution in [0.2, 0.25) is 0 Å². The number of rotatable bonds is 7. The van der Waals surface area contributed by atoms with Crippen molar-refractivity contribution in [2.24, 2.45) is 0 Å². The number of likely N-dealkylation sites (tertiary alicyclic amines) is 1. The highest BCUT2D eigenvalue weighted by Gasteiger charge is 2.26. The molecule has 1 aromatic carbocycles. The van der Waals surface area contributed by atoms with Gasteiger partial charge in [0, 0.05) is 44.0 Å². The summed E-state index contributed by atoms with van der Waals surface area (Å²) in [6, 6.07) is 13.0. The van der Waals surface area contributed by atoms with Crippen LogP contribution in [0.15, 0.2) is 48.8 Å². The molecule has 0 aliphatic carbocycles. The zero-order valence-electron chi connectivity index (χ0n) is 18.7. The van der Waals surface area contributed by atoms with Gasteiger partial charge in [-0.25, -0.2) is 4.98 Å². The molecule has 0 spiro atoms. The number of nitrogens with zero attached hydrogens (tertiary/aromatic N) is 5. The van der Waals surface area contributed by atoms with Crippen LogP contribution < -0.4 is 10.2 Å². The van der Waals surface area contributed by atoms with Crippen molar-refractivity contribution in [1.29, 1.82) is 0 Å². The molecule has 32 heavy (non-hydrogen) atoms. The summed E-state index contributed by atoms with van der Waals surface area (Å²) in [5.41, 5.74) is 3.56. The molecule has 7 nitrogen and oxygen atoms in total. The van der Waals surface area contributed by atoms with Crippen molar-refractivity contribution in [3.8, 4) is 11.3 Å². The van der Waals surface area contributed by atoms with Gasteiger partial charge >= 0.3 is 0 Å². The molecule has 0 radical (unpaired) electrons. The zero-order valence-corrected chi connectivity index (χ0v) is 18.7. The quantitative estimate of drug-likeness (QED) is 0.580. The molecule has 4 heterocycles. The molecule has 0 saturated carbocycles. The molecule has 5 rings (SSSR count).